The van der Waals surface area contributed by atoms with Crippen molar-refractivity contribution in [3.63, 3.8) is 0 Å². The molecule has 196 valence electrons. The molecule has 0 fully saturated rings. The van der Waals surface area contributed by atoms with Crippen LogP contribution in [0, 0.1) is 5.82 Å². The summed E-state index contributed by atoms with van der Waals surface area (Å²) in [5.41, 5.74) is 9.29. The number of aromatic nitrogens is 4. The summed E-state index contributed by atoms with van der Waals surface area (Å²) < 4.78 is 96.2. The van der Waals surface area contributed by atoms with Crippen LogP contribution in [0.5, 0.6) is 0 Å². The fourth-order valence-electron chi connectivity index (χ4n) is 3.52. The lowest BCUT2D eigenvalue weighted by Gasteiger charge is -2.22. The third-order valence-corrected chi connectivity index (χ3v) is 5.89. The van der Waals surface area contributed by atoms with E-state index in [9.17, 15) is 30.7 Å². The zero-order chi connectivity index (χ0) is 27.3. The highest BCUT2D eigenvalue weighted by Gasteiger charge is 2.39. The highest BCUT2D eigenvalue weighted by Crippen LogP contribution is 2.37. The van der Waals surface area contributed by atoms with E-state index in [1.165, 1.54) is 24.3 Å². The van der Waals surface area contributed by atoms with Crippen molar-refractivity contribution in [2.24, 2.45) is 11.5 Å². The van der Waals surface area contributed by atoms with Crippen molar-refractivity contribution < 1.29 is 30.7 Å². The smallest absolute Gasteiger partial charge is 0.321 e. The van der Waals surface area contributed by atoms with E-state index in [0.29, 0.717) is 17.2 Å². The fourth-order valence-corrected chi connectivity index (χ4v) is 3.82. The van der Waals surface area contributed by atoms with Crippen molar-refractivity contribution in [2.75, 3.05) is 0 Å². The number of benzene rings is 2. The molecule has 4 aromatic rings. The van der Waals surface area contributed by atoms with Crippen LogP contribution >= 0.6 is 23.2 Å². The number of hydrogen-bond donors (Lipinski definition) is 2. The van der Waals surface area contributed by atoms with E-state index in [-0.39, 0.29) is 22.8 Å². The Morgan fingerprint density at radius 3 is 1.54 bits per heavy atom. The first-order valence-corrected chi connectivity index (χ1v) is 11.0. The Hall–Kier alpha value is -3.13. The molecule has 37 heavy (non-hydrogen) atoms. The Kier molecular flexibility index (Phi) is 7.01. The summed E-state index contributed by atoms with van der Waals surface area (Å²) in [6, 6.07) is 6.83. The summed E-state index contributed by atoms with van der Waals surface area (Å²) in [7, 11) is 0. The Balaban J connectivity index is 1.85. The predicted molar refractivity (Wildman–Crippen MR) is 121 cm³/mol. The minimum absolute atomic E-state index is 0.0817. The average molecular weight is 567 g/mol. The lowest BCUT2D eigenvalue weighted by molar-refractivity contribution is -0.142. The van der Waals surface area contributed by atoms with Gasteiger partial charge in [0.25, 0.3) is 0 Å². The van der Waals surface area contributed by atoms with Crippen molar-refractivity contribution in [2.45, 2.75) is 24.4 Å². The average Bonchev–Trinajstić information content (AvgIpc) is 3.46. The Morgan fingerprint density at radius 2 is 1.11 bits per heavy atom. The molecule has 6 nitrogen and oxygen atoms in total. The van der Waals surface area contributed by atoms with Crippen molar-refractivity contribution in [1.29, 1.82) is 0 Å². The van der Waals surface area contributed by atoms with Crippen molar-refractivity contribution in [3.8, 4) is 11.4 Å². The van der Waals surface area contributed by atoms with Gasteiger partial charge in [-0.1, -0.05) is 23.2 Å². The molecule has 0 spiro atoms. The Morgan fingerprint density at radius 1 is 0.676 bits per heavy atom. The maximum Gasteiger partial charge on any atom is 0.435 e. The van der Waals surface area contributed by atoms with E-state index in [1.54, 1.807) is 0 Å². The first-order chi connectivity index (χ1) is 17.2. The van der Waals surface area contributed by atoms with E-state index < -0.39 is 46.7 Å². The summed E-state index contributed by atoms with van der Waals surface area (Å²) in [4.78, 5) is 0. The molecule has 2 heterocycles. The molecular weight excluding hydrogens is 552 g/mol. The summed E-state index contributed by atoms with van der Waals surface area (Å²) >= 11 is 11.6. The molecular formula is C22H15Cl2F7N6. The van der Waals surface area contributed by atoms with Crippen LogP contribution in [-0.2, 0) is 12.4 Å². The van der Waals surface area contributed by atoms with Crippen LogP contribution in [-0.4, -0.2) is 19.6 Å². The molecule has 0 bridgehead atoms. The van der Waals surface area contributed by atoms with Gasteiger partial charge in [0.15, 0.2) is 11.4 Å². The first-order valence-electron chi connectivity index (χ1n) is 10.2. The molecule has 0 amide bonds. The molecule has 4 N–H and O–H groups in total. The second-order valence-corrected chi connectivity index (χ2v) is 8.70. The largest absolute Gasteiger partial charge is 0.435 e. The van der Waals surface area contributed by atoms with Crippen molar-refractivity contribution >= 4 is 23.2 Å². The maximum absolute atomic E-state index is 13.7. The van der Waals surface area contributed by atoms with Gasteiger partial charge in [-0.05, 0) is 54.6 Å². The molecule has 0 aliphatic carbocycles. The van der Waals surface area contributed by atoms with E-state index in [0.717, 1.165) is 27.6 Å². The van der Waals surface area contributed by atoms with Crippen molar-refractivity contribution in [1.82, 2.24) is 19.6 Å². The van der Waals surface area contributed by atoms with Gasteiger partial charge in [0.05, 0.1) is 39.9 Å². The van der Waals surface area contributed by atoms with Gasteiger partial charge >= 0.3 is 12.4 Å². The molecule has 2 aromatic heterocycles. The van der Waals surface area contributed by atoms with Gasteiger partial charge in [0.1, 0.15) is 5.82 Å². The summed E-state index contributed by atoms with van der Waals surface area (Å²) in [5.74, 6) is -0.831. The predicted octanol–water partition coefficient (Wildman–Crippen LogP) is 6.24. The number of hydrogen-bond acceptors (Lipinski definition) is 4. The number of nitrogens with two attached hydrogens (primary N) is 2. The molecule has 2 unspecified atom stereocenters. The van der Waals surface area contributed by atoms with E-state index in [4.69, 9.17) is 34.7 Å². The van der Waals surface area contributed by atoms with Gasteiger partial charge in [0, 0.05) is 5.02 Å². The molecule has 0 aliphatic rings. The van der Waals surface area contributed by atoms with Crippen LogP contribution < -0.4 is 11.5 Å². The normalized spacial score (nSPS) is 14.1. The fraction of sp³-hybridized carbons (Fsp3) is 0.182. The Bertz CT molecular complexity index is 1430. The van der Waals surface area contributed by atoms with Gasteiger partial charge in [-0.25, -0.2) is 13.8 Å². The zero-order valence-electron chi connectivity index (χ0n) is 18.2. The molecule has 2 atom stereocenters. The summed E-state index contributed by atoms with van der Waals surface area (Å²) in [5, 5.41) is 6.99. The standard InChI is InChI=1S/C22H15Cl2F7N6/c23-10-1-3-11(4-2-10)36-15(8-17(34-36)21(26,27)28)19(32)20(33)16-9-18(22(29,30)31)35-37(16)12-5-6-14(25)13(24)7-12/h1-9,19-20H,32-33H2. The lowest BCUT2D eigenvalue weighted by atomic mass is 10.0. The highest BCUT2D eigenvalue weighted by molar-refractivity contribution is 6.31. The quantitative estimate of drug-likeness (QED) is 0.280. The number of alkyl halides is 6. The highest BCUT2D eigenvalue weighted by atomic mass is 35.5. The minimum atomic E-state index is -4.90. The first kappa shape index (κ1) is 26.9. The molecule has 0 radical (unpaired) electrons. The van der Waals surface area contributed by atoms with Crippen LogP contribution in [0.2, 0.25) is 10.0 Å². The Labute approximate surface area is 214 Å². The molecule has 0 aliphatic heterocycles. The molecule has 4 rings (SSSR count). The number of nitrogens with zero attached hydrogens (tertiary/aromatic N) is 4. The van der Waals surface area contributed by atoms with Gasteiger partial charge in [-0.15, -0.1) is 0 Å². The van der Waals surface area contributed by atoms with Crippen LogP contribution in [0.15, 0.2) is 54.6 Å². The molecule has 0 saturated heterocycles. The van der Waals surface area contributed by atoms with Gasteiger partial charge in [-0.3, -0.25) is 0 Å². The van der Waals surface area contributed by atoms with E-state index >= 15 is 0 Å². The number of halogens is 9. The second kappa shape index (κ2) is 9.63. The van der Waals surface area contributed by atoms with Crippen molar-refractivity contribution in [3.05, 3.63) is 93.2 Å². The van der Waals surface area contributed by atoms with Gasteiger partial charge in [-0.2, -0.15) is 36.5 Å². The van der Waals surface area contributed by atoms with Crippen LogP contribution in [0.1, 0.15) is 34.9 Å². The third kappa shape index (κ3) is 5.44. The van der Waals surface area contributed by atoms with Gasteiger partial charge < -0.3 is 11.5 Å². The van der Waals surface area contributed by atoms with E-state index in [1.807, 2.05) is 0 Å². The zero-order valence-corrected chi connectivity index (χ0v) is 19.7. The molecule has 0 saturated carbocycles. The molecule has 15 heteroatoms. The maximum atomic E-state index is 13.7. The molecule has 2 aromatic carbocycles. The van der Waals surface area contributed by atoms with Crippen LogP contribution in [0.3, 0.4) is 0 Å². The third-order valence-electron chi connectivity index (χ3n) is 5.34. The van der Waals surface area contributed by atoms with E-state index in [2.05, 4.69) is 10.2 Å². The van der Waals surface area contributed by atoms with Crippen LogP contribution in [0.4, 0.5) is 30.7 Å². The van der Waals surface area contributed by atoms with Gasteiger partial charge in [0.2, 0.25) is 0 Å². The summed E-state index contributed by atoms with van der Waals surface area (Å²) in [6.45, 7) is 0. The number of rotatable bonds is 5. The SMILES string of the molecule is NC(c1cc(C(F)(F)F)nn1-c1ccc(Cl)cc1)C(N)c1cc(C(F)(F)F)nn1-c1ccc(F)c(Cl)c1. The lowest BCUT2D eigenvalue weighted by Crippen LogP contribution is -2.30. The summed E-state index contributed by atoms with van der Waals surface area (Å²) in [6.07, 6.45) is -9.76. The topological polar surface area (TPSA) is 87.7 Å². The monoisotopic (exact) mass is 566 g/mol. The second-order valence-electron chi connectivity index (χ2n) is 7.85. The van der Waals surface area contributed by atoms with Crippen LogP contribution in [0.25, 0.3) is 11.4 Å². The minimum Gasteiger partial charge on any atom is -0.321 e.